The molecule has 4 heterocycles. The number of benzene rings is 2. The summed E-state index contributed by atoms with van der Waals surface area (Å²) in [4.78, 5) is 20.2. The molecule has 0 aliphatic carbocycles. The second-order valence-electron chi connectivity index (χ2n) is 13.7. The Morgan fingerprint density at radius 1 is 1.06 bits per heavy atom. The highest BCUT2D eigenvalue weighted by molar-refractivity contribution is 5.98. The van der Waals surface area contributed by atoms with Gasteiger partial charge in [-0.05, 0) is 105 Å². The maximum absolute atomic E-state index is 15.8. The van der Waals surface area contributed by atoms with Crippen LogP contribution < -0.4 is 15.9 Å². The molecular weight excluding hydrogens is 589 g/mol. The first-order valence-corrected chi connectivity index (χ1v) is 16.4. The van der Waals surface area contributed by atoms with E-state index in [1.807, 2.05) is 61.5 Å². The lowest BCUT2D eigenvalue weighted by molar-refractivity contribution is 0.255. The minimum atomic E-state index is -0.263. The molecule has 0 atom stereocenters. The normalized spacial score (nSPS) is 16.5. The number of hydrazone groups is 1. The summed E-state index contributed by atoms with van der Waals surface area (Å²) >= 11 is 0. The van der Waals surface area contributed by atoms with Gasteiger partial charge >= 0.3 is 0 Å². The number of likely N-dealkylation sites (tertiary alicyclic amines) is 1. The number of halogens is 1. The zero-order chi connectivity index (χ0) is 33.5. The number of hydrogen-bond acceptors (Lipinski definition) is 7. The van der Waals surface area contributed by atoms with Crippen LogP contribution in [0.4, 0.5) is 21.6 Å². The molecule has 2 aromatic heterocycles. The molecule has 0 saturated carbocycles. The zero-order valence-electron chi connectivity index (χ0n) is 28.4. The molecular formula is C38H44FN7O. The molecule has 47 heavy (non-hydrogen) atoms. The topological polar surface area (TPSA) is 78.6 Å². The van der Waals surface area contributed by atoms with E-state index in [2.05, 4.69) is 54.2 Å². The van der Waals surface area contributed by atoms with Crippen molar-refractivity contribution >= 4 is 29.1 Å². The fourth-order valence-electron chi connectivity index (χ4n) is 6.46. The van der Waals surface area contributed by atoms with Crippen molar-refractivity contribution in [3.63, 3.8) is 0 Å². The van der Waals surface area contributed by atoms with Crippen molar-refractivity contribution in [3.8, 4) is 11.3 Å². The Morgan fingerprint density at radius 3 is 2.51 bits per heavy atom. The minimum Gasteiger partial charge on any atom is -0.336 e. The SMILES string of the molecule is CC/C=C1/c2c(F)cc(C(C)(C)C)cc2C=NN1c1cccc(-c2cc(Nc3ccc(C4CCN(C)CC4)cn3)c(=O)n(C)n2)c1C. The summed E-state index contributed by atoms with van der Waals surface area (Å²) in [5.74, 6) is 0.848. The molecule has 2 aromatic carbocycles. The summed E-state index contributed by atoms with van der Waals surface area (Å²) in [5.41, 5.74) is 7.28. The van der Waals surface area contributed by atoms with Crippen LogP contribution in [0, 0.1) is 12.7 Å². The number of aryl methyl sites for hydroxylation is 1. The highest BCUT2D eigenvalue weighted by Crippen LogP contribution is 2.39. The molecule has 244 valence electrons. The van der Waals surface area contributed by atoms with Gasteiger partial charge in [0.05, 0.1) is 23.3 Å². The Bertz CT molecular complexity index is 1910. The van der Waals surface area contributed by atoms with Gasteiger partial charge in [-0.25, -0.2) is 19.1 Å². The predicted octanol–water partition coefficient (Wildman–Crippen LogP) is 7.75. The van der Waals surface area contributed by atoms with Crippen LogP contribution in [0.15, 0.2) is 70.7 Å². The maximum Gasteiger partial charge on any atom is 0.290 e. The van der Waals surface area contributed by atoms with Crippen LogP contribution >= 0.6 is 0 Å². The maximum atomic E-state index is 15.8. The fraction of sp³-hybridized carbons (Fsp3) is 0.368. The lowest BCUT2D eigenvalue weighted by Gasteiger charge is -2.30. The Hall–Kier alpha value is -4.63. The lowest BCUT2D eigenvalue weighted by Crippen LogP contribution is -2.29. The van der Waals surface area contributed by atoms with Crippen LogP contribution in [0.5, 0.6) is 0 Å². The molecule has 0 amide bonds. The summed E-state index contributed by atoms with van der Waals surface area (Å²) in [5, 5.41) is 14.5. The van der Waals surface area contributed by atoms with Gasteiger partial charge in [0.15, 0.2) is 0 Å². The molecule has 4 aromatic rings. The third-order valence-corrected chi connectivity index (χ3v) is 9.29. The van der Waals surface area contributed by atoms with Crippen molar-refractivity contribution in [2.45, 2.75) is 65.2 Å². The summed E-state index contributed by atoms with van der Waals surface area (Å²) < 4.78 is 17.2. The smallest absolute Gasteiger partial charge is 0.290 e. The zero-order valence-corrected chi connectivity index (χ0v) is 28.4. The Labute approximate surface area is 276 Å². The van der Waals surface area contributed by atoms with Crippen LogP contribution in [0.3, 0.4) is 0 Å². The molecule has 1 fully saturated rings. The van der Waals surface area contributed by atoms with Crippen molar-refractivity contribution in [3.05, 3.63) is 105 Å². The Kier molecular flexibility index (Phi) is 8.85. The number of anilines is 3. The van der Waals surface area contributed by atoms with Crippen LogP contribution in [-0.2, 0) is 12.5 Å². The molecule has 9 heteroatoms. The van der Waals surface area contributed by atoms with E-state index in [1.165, 1.54) is 10.2 Å². The number of allylic oxidation sites excluding steroid dienone is 1. The largest absolute Gasteiger partial charge is 0.336 e. The number of nitrogens with zero attached hydrogens (tertiary/aromatic N) is 6. The Balaban J connectivity index is 1.32. The van der Waals surface area contributed by atoms with Gasteiger partial charge in [-0.15, -0.1) is 0 Å². The molecule has 0 spiro atoms. The van der Waals surface area contributed by atoms with E-state index in [4.69, 9.17) is 5.10 Å². The number of nitrogens with one attached hydrogen (secondary N) is 1. The van der Waals surface area contributed by atoms with E-state index in [0.717, 1.165) is 53.9 Å². The van der Waals surface area contributed by atoms with Crippen LogP contribution in [0.1, 0.15) is 80.7 Å². The fourth-order valence-corrected chi connectivity index (χ4v) is 6.46. The summed E-state index contributed by atoms with van der Waals surface area (Å²) in [6.07, 6.45) is 8.63. The molecule has 0 radical (unpaired) electrons. The molecule has 2 aliphatic rings. The van der Waals surface area contributed by atoms with E-state index in [1.54, 1.807) is 25.4 Å². The van der Waals surface area contributed by atoms with Gasteiger partial charge in [-0.1, -0.05) is 52.0 Å². The Morgan fingerprint density at radius 2 is 1.83 bits per heavy atom. The van der Waals surface area contributed by atoms with Gasteiger partial charge in [0.2, 0.25) is 0 Å². The highest BCUT2D eigenvalue weighted by atomic mass is 19.1. The summed E-state index contributed by atoms with van der Waals surface area (Å²) in [7, 11) is 3.81. The van der Waals surface area contributed by atoms with E-state index < -0.39 is 0 Å². The van der Waals surface area contributed by atoms with Gasteiger partial charge in [-0.2, -0.15) is 10.2 Å². The van der Waals surface area contributed by atoms with Crippen molar-refractivity contribution in [1.82, 2.24) is 19.7 Å². The van der Waals surface area contributed by atoms with E-state index in [-0.39, 0.29) is 16.8 Å². The first kappa shape index (κ1) is 32.3. The van der Waals surface area contributed by atoms with Gasteiger partial charge in [-0.3, -0.25) is 4.79 Å². The third kappa shape index (κ3) is 6.49. The monoisotopic (exact) mass is 633 g/mol. The molecule has 1 saturated heterocycles. The molecule has 6 rings (SSSR count). The van der Waals surface area contributed by atoms with Crippen molar-refractivity contribution in [2.24, 2.45) is 12.1 Å². The van der Waals surface area contributed by atoms with Crippen molar-refractivity contribution in [1.29, 1.82) is 0 Å². The van der Waals surface area contributed by atoms with Gasteiger partial charge in [0.1, 0.15) is 17.3 Å². The van der Waals surface area contributed by atoms with Crippen LogP contribution in [0.2, 0.25) is 0 Å². The standard InChI is InChI=1S/C38H44FN7O/c1-8-10-34-36-27(19-28(20-30(36)39)38(3,4)5)23-41-46(34)33-12-9-11-29(24(33)2)31-21-32(37(47)45(7)43-31)42-35-14-13-26(22-40-35)25-15-17-44(6)18-16-25/h9-14,19-23,25H,8,15-18H2,1-7H3,(H,40,42)/b34-10-. The first-order chi connectivity index (χ1) is 22.4. The molecule has 2 aliphatic heterocycles. The second kappa shape index (κ2) is 12.9. The van der Waals surface area contributed by atoms with Gasteiger partial charge < -0.3 is 10.2 Å². The highest BCUT2D eigenvalue weighted by Gasteiger charge is 2.28. The number of hydrogen-bond donors (Lipinski definition) is 1. The summed E-state index contributed by atoms with van der Waals surface area (Å²) in [6, 6.07) is 15.4. The van der Waals surface area contributed by atoms with Gasteiger partial charge in [0.25, 0.3) is 5.56 Å². The van der Waals surface area contributed by atoms with Crippen LogP contribution in [-0.4, -0.2) is 46.0 Å². The number of pyridine rings is 1. The van der Waals surface area contributed by atoms with Crippen LogP contribution in [0.25, 0.3) is 17.0 Å². The molecule has 8 nitrogen and oxygen atoms in total. The first-order valence-electron chi connectivity index (χ1n) is 16.4. The summed E-state index contributed by atoms with van der Waals surface area (Å²) in [6.45, 7) is 12.4. The number of fused-ring (bicyclic) bond motifs is 1. The quantitative estimate of drug-likeness (QED) is 0.234. The number of piperidine rings is 1. The van der Waals surface area contributed by atoms with E-state index >= 15 is 4.39 Å². The number of aromatic nitrogens is 3. The average Bonchev–Trinajstić information content (AvgIpc) is 3.04. The molecule has 1 N–H and O–H groups in total. The van der Waals surface area contributed by atoms with Crippen molar-refractivity contribution in [2.75, 3.05) is 30.5 Å². The second-order valence-corrected chi connectivity index (χ2v) is 13.7. The number of rotatable bonds is 6. The predicted molar refractivity (Wildman–Crippen MR) is 190 cm³/mol. The van der Waals surface area contributed by atoms with E-state index in [9.17, 15) is 4.79 Å². The van der Waals surface area contributed by atoms with Crippen molar-refractivity contribution < 1.29 is 4.39 Å². The average molecular weight is 634 g/mol. The molecule has 0 unspecified atom stereocenters. The molecule has 0 bridgehead atoms. The lowest BCUT2D eigenvalue weighted by atomic mass is 9.84. The van der Waals surface area contributed by atoms with E-state index in [0.29, 0.717) is 40.8 Å². The van der Waals surface area contributed by atoms with Gasteiger partial charge in [0, 0.05) is 29.9 Å². The minimum absolute atomic E-state index is 0.192. The third-order valence-electron chi connectivity index (χ3n) is 9.29.